The molecule has 0 aliphatic heterocycles. The first kappa shape index (κ1) is 6.45. The summed E-state index contributed by atoms with van der Waals surface area (Å²) in [5.41, 5.74) is 0. The molecule has 0 spiro atoms. The van der Waals surface area contributed by atoms with Gasteiger partial charge in [-0.3, -0.25) is 0 Å². The summed E-state index contributed by atoms with van der Waals surface area (Å²) in [5, 5.41) is 0. The Kier molecular flexibility index (Phi) is 0.946. The second-order valence-electron chi connectivity index (χ2n) is 6.04. The Morgan fingerprint density at radius 3 is 2.08 bits per heavy atom. The SMILES string of the molecule is CC1CC2C3CC4CC4C2C3C1. The van der Waals surface area contributed by atoms with E-state index in [0.717, 1.165) is 5.92 Å². The van der Waals surface area contributed by atoms with Crippen LogP contribution in [0.2, 0.25) is 0 Å². The first-order chi connectivity index (χ1) is 5.84. The summed E-state index contributed by atoms with van der Waals surface area (Å²) in [6.45, 7) is 2.47. The number of fused-ring (bicyclic) bond motifs is 3. The third-order valence-corrected chi connectivity index (χ3v) is 5.48. The Bertz CT molecular complexity index is 218. The molecular weight excluding hydrogens is 144 g/mol. The Morgan fingerprint density at radius 1 is 0.750 bits per heavy atom. The maximum absolute atomic E-state index is 2.47. The lowest BCUT2D eigenvalue weighted by Crippen LogP contribution is -2.55. The van der Waals surface area contributed by atoms with Gasteiger partial charge in [-0.1, -0.05) is 6.92 Å². The van der Waals surface area contributed by atoms with Crippen LogP contribution in [0.25, 0.3) is 0 Å². The summed E-state index contributed by atoms with van der Waals surface area (Å²) in [6, 6.07) is 0. The average molecular weight is 162 g/mol. The van der Waals surface area contributed by atoms with E-state index < -0.39 is 0 Å². The van der Waals surface area contributed by atoms with Gasteiger partial charge < -0.3 is 0 Å². The lowest BCUT2D eigenvalue weighted by atomic mass is 9.43. The molecule has 5 aliphatic rings. The maximum Gasteiger partial charge on any atom is -0.0321 e. The molecule has 0 heteroatoms. The number of hydrogen-bond acceptors (Lipinski definition) is 0. The summed E-state index contributed by atoms with van der Waals surface area (Å²) in [6.07, 6.45) is 6.45. The average Bonchev–Trinajstić information content (AvgIpc) is 2.82. The van der Waals surface area contributed by atoms with Crippen LogP contribution in [0.5, 0.6) is 0 Å². The molecule has 0 aromatic heterocycles. The quantitative estimate of drug-likeness (QED) is 0.514. The van der Waals surface area contributed by atoms with Crippen molar-refractivity contribution in [1.82, 2.24) is 0 Å². The van der Waals surface area contributed by atoms with Crippen molar-refractivity contribution in [2.75, 3.05) is 0 Å². The van der Waals surface area contributed by atoms with Crippen LogP contribution in [-0.4, -0.2) is 0 Å². The molecule has 0 heterocycles. The van der Waals surface area contributed by atoms with Crippen LogP contribution in [0.4, 0.5) is 0 Å². The summed E-state index contributed by atoms with van der Waals surface area (Å²) >= 11 is 0. The Morgan fingerprint density at radius 2 is 1.42 bits per heavy atom. The van der Waals surface area contributed by atoms with E-state index in [1.54, 1.807) is 25.7 Å². The van der Waals surface area contributed by atoms with Crippen LogP contribution in [0.15, 0.2) is 0 Å². The molecule has 5 aliphatic carbocycles. The van der Waals surface area contributed by atoms with Crippen molar-refractivity contribution in [2.45, 2.75) is 32.6 Å². The molecule has 0 radical (unpaired) electrons. The van der Waals surface area contributed by atoms with Gasteiger partial charge in [-0.05, 0) is 67.1 Å². The predicted octanol–water partition coefficient (Wildman–Crippen LogP) is 2.93. The first-order valence-electron chi connectivity index (χ1n) is 5.84. The van der Waals surface area contributed by atoms with E-state index in [1.807, 2.05) is 0 Å². The van der Waals surface area contributed by atoms with E-state index in [9.17, 15) is 0 Å². The van der Waals surface area contributed by atoms with Crippen LogP contribution < -0.4 is 0 Å². The number of hydrogen-bond donors (Lipinski definition) is 0. The largest absolute Gasteiger partial charge is 0.0625 e. The second-order valence-corrected chi connectivity index (χ2v) is 6.04. The molecule has 4 atom stereocenters. The predicted molar refractivity (Wildman–Crippen MR) is 48.6 cm³/mol. The molecule has 0 aromatic carbocycles. The highest BCUT2D eigenvalue weighted by atomic mass is 14.7. The fourth-order valence-corrected chi connectivity index (χ4v) is 5.10. The van der Waals surface area contributed by atoms with Crippen molar-refractivity contribution in [2.24, 2.45) is 41.4 Å². The summed E-state index contributed by atoms with van der Waals surface area (Å²) in [5.74, 6) is 8.41. The molecule has 0 saturated heterocycles. The fourth-order valence-electron chi connectivity index (χ4n) is 5.10. The van der Waals surface area contributed by atoms with E-state index in [-0.39, 0.29) is 0 Å². The highest BCUT2D eigenvalue weighted by molar-refractivity contribution is 5.14. The third-order valence-electron chi connectivity index (χ3n) is 5.48. The zero-order valence-corrected chi connectivity index (χ0v) is 7.87. The lowest BCUT2D eigenvalue weighted by Gasteiger charge is -2.61. The molecule has 0 aromatic rings. The molecule has 4 unspecified atom stereocenters. The minimum absolute atomic E-state index is 1.07. The highest BCUT2D eigenvalue weighted by Gasteiger charge is 2.66. The van der Waals surface area contributed by atoms with Gasteiger partial charge in [0.05, 0.1) is 0 Å². The Hall–Kier alpha value is 0. The van der Waals surface area contributed by atoms with Crippen molar-refractivity contribution in [3.05, 3.63) is 0 Å². The van der Waals surface area contributed by atoms with Gasteiger partial charge in [-0.25, -0.2) is 0 Å². The maximum atomic E-state index is 2.47. The van der Waals surface area contributed by atoms with Crippen molar-refractivity contribution in [3.8, 4) is 0 Å². The molecule has 66 valence electrons. The van der Waals surface area contributed by atoms with E-state index in [2.05, 4.69) is 6.92 Å². The molecule has 0 N–H and O–H groups in total. The highest BCUT2D eigenvalue weighted by Crippen LogP contribution is 2.73. The first-order valence-corrected chi connectivity index (χ1v) is 5.84. The summed E-state index contributed by atoms with van der Waals surface area (Å²) in [4.78, 5) is 0. The van der Waals surface area contributed by atoms with Crippen molar-refractivity contribution >= 4 is 0 Å². The van der Waals surface area contributed by atoms with Gasteiger partial charge in [-0.2, -0.15) is 0 Å². The third kappa shape index (κ3) is 0.561. The van der Waals surface area contributed by atoms with Crippen molar-refractivity contribution in [3.63, 3.8) is 0 Å². The van der Waals surface area contributed by atoms with Gasteiger partial charge in [0.2, 0.25) is 0 Å². The van der Waals surface area contributed by atoms with Gasteiger partial charge in [-0.15, -0.1) is 0 Å². The van der Waals surface area contributed by atoms with Crippen LogP contribution in [0.1, 0.15) is 32.6 Å². The molecule has 4 bridgehead atoms. The molecule has 5 rings (SSSR count). The fraction of sp³-hybridized carbons (Fsp3) is 1.00. The van der Waals surface area contributed by atoms with Crippen molar-refractivity contribution in [1.29, 1.82) is 0 Å². The minimum Gasteiger partial charge on any atom is -0.0625 e. The van der Waals surface area contributed by atoms with Gasteiger partial charge in [0.25, 0.3) is 0 Å². The normalized spacial score (nSPS) is 71.2. The summed E-state index contributed by atoms with van der Waals surface area (Å²) in [7, 11) is 0. The minimum atomic E-state index is 1.07. The van der Waals surface area contributed by atoms with Gasteiger partial charge >= 0.3 is 0 Å². The zero-order chi connectivity index (χ0) is 7.87. The molecule has 0 nitrogen and oxygen atoms in total. The smallest absolute Gasteiger partial charge is 0.0321 e. The second kappa shape index (κ2) is 1.76. The van der Waals surface area contributed by atoms with E-state index in [1.165, 1.54) is 35.5 Å². The standard InChI is InChI=1S/C12H18/c1-6-2-10-9-5-7-4-8(7)12(10)11(9)3-6/h6-12H,2-5H2,1H3. The van der Waals surface area contributed by atoms with Gasteiger partial charge in [0, 0.05) is 0 Å². The Balaban J connectivity index is 1.68. The molecule has 12 heavy (non-hydrogen) atoms. The molecule has 5 fully saturated rings. The van der Waals surface area contributed by atoms with Gasteiger partial charge in [0.1, 0.15) is 0 Å². The van der Waals surface area contributed by atoms with Crippen LogP contribution >= 0.6 is 0 Å². The lowest BCUT2D eigenvalue weighted by molar-refractivity contribution is -0.132. The molecule has 0 amide bonds. The molecular formula is C12H18. The monoisotopic (exact) mass is 162 g/mol. The van der Waals surface area contributed by atoms with Gasteiger partial charge in [0.15, 0.2) is 0 Å². The number of rotatable bonds is 0. The zero-order valence-electron chi connectivity index (χ0n) is 7.87. The topological polar surface area (TPSA) is 0 Å². The van der Waals surface area contributed by atoms with Crippen molar-refractivity contribution < 1.29 is 0 Å². The van der Waals surface area contributed by atoms with Crippen LogP contribution in [0.3, 0.4) is 0 Å². The van der Waals surface area contributed by atoms with Crippen LogP contribution in [0, 0.1) is 41.4 Å². The van der Waals surface area contributed by atoms with Crippen LogP contribution in [-0.2, 0) is 0 Å². The Labute approximate surface area is 74.7 Å². The summed E-state index contributed by atoms with van der Waals surface area (Å²) < 4.78 is 0. The van der Waals surface area contributed by atoms with E-state index in [4.69, 9.17) is 0 Å². The van der Waals surface area contributed by atoms with E-state index in [0.29, 0.717) is 0 Å². The molecule has 5 saturated carbocycles. The van der Waals surface area contributed by atoms with E-state index >= 15 is 0 Å².